The molecule has 0 atom stereocenters. The normalized spacial score (nSPS) is 11.8. The molecule has 0 bridgehead atoms. The molecule has 0 spiro atoms. The molecule has 0 unspecified atom stereocenters. The van der Waals surface area contributed by atoms with Crippen molar-refractivity contribution in [3.8, 4) is 62.5 Å². The molecule has 63 heavy (non-hydrogen) atoms. The molecule has 294 valence electrons. The predicted octanol–water partition coefficient (Wildman–Crippen LogP) is 13.9. The lowest BCUT2D eigenvalue weighted by atomic mass is 10.0. The van der Waals surface area contributed by atoms with E-state index in [-0.39, 0.29) is 0 Å². The summed E-state index contributed by atoms with van der Waals surface area (Å²) in [6, 6.07) is 65.7. The first-order chi connectivity index (χ1) is 31.2. The molecule has 8 heteroatoms. The summed E-state index contributed by atoms with van der Waals surface area (Å²) in [7, 11) is 0. The van der Waals surface area contributed by atoms with Gasteiger partial charge in [0.05, 0.1) is 11.0 Å². The highest BCUT2D eigenvalue weighted by Crippen LogP contribution is 2.42. The Kier molecular flexibility index (Phi) is 7.74. The van der Waals surface area contributed by atoms with Crippen LogP contribution in [0.3, 0.4) is 0 Å². The number of furan rings is 2. The molecule has 5 heterocycles. The van der Waals surface area contributed by atoms with Gasteiger partial charge in [-0.1, -0.05) is 133 Å². The van der Waals surface area contributed by atoms with E-state index in [1.807, 2.05) is 115 Å². The summed E-state index contributed by atoms with van der Waals surface area (Å²) >= 11 is 0. The van der Waals surface area contributed by atoms with Gasteiger partial charge in [-0.25, -0.2) is 24.9 Å². The second-order valence-electron chi connectivity index (χ2n) is 15.6. The number of benzene rings is 8. The van der Waals surface area contributed by atoms with Gasteiger partial charge >= 0.3 is 0 Å². The zero-order chi connectivity index (χ0) is 41.4. The minimum absolute atomic E-state index is 0.547. The summed E-state index contributed by atoms with van der Waals surface area (Å²) in [4.78, 5) is 26.1. The van der Waals surface area contributed by atoms with Crippen LogP contribution in [0.1, 0.15) is 0 Å². The van der Waals surface area contributed by atoms with Crippen LogP contribution in [0, 0.1) is 0 Å². The average Bonchev–Trinajstić information content (AvgIpc) is 4.04. The smallest absolute Gasteiger partial charge is 0.180 e. The second-order valence-corrected chi connectivity index (χ2v) is 15.6. The van der Waals surface area contributed by atoms with Gasteiger partial charge in [-0.05, 0) is 60.7 Å². The van der Waals surface area contributed by atoms with Crippen molar-refractivity contribution in [2.75, 3.05) is 0 Å². The lowest BCUT2D eigenvalue weighted by Gasteiger charge is -2.10. The summed E-state index contributed by atoms with van der Waals surface area (Å²) in [5.74, 6) is 2.29. The third kappa shape index (κ3) is 5.58. The molecule has 0 aliphatic heterocycles. The SMILES string of the molecule is c1ccc(-c2nc(-c3ccc4oc5cccc(-c6nc(-c7ccccc7)c7oc8ccccc8c7n6)c5c4c3)nc(-c3cccc4c3c3ccccc3n4-c3ccccc3)n2)cc1. The number of aromatic nitrogens is 6. The highest BCUT2D eigenvalue weighted by atomic mass is 16.3. The zero-order valence-electron chi connectivity index (χ0n) is 33.5. The van der Waals surface area contributed by atoms with Crippen LogP contribution in [0.5, 0.6) is 0 Å². The Morgan fingerprint density at radius 2 is 0.937 bits per heavy atom. The Hall–Kier alpha value is -8.75. The number of rotatable bonds is 6. The van der Waals surface area contributed by atoms with E-state index < -0.39 is 0 Å². The molecule has 5 aromatic heterocycles. The fraction of sp³-hybridized carbons (Fsp3) is 0. The topological polar surface area (TPSA) is 95.7 Å². The van der Waals surface area contributed by atoms with Gasteiger partial charge in [0.2, 0.25) is 0 Å². The predicted molar refractivity (Wildman–Crippen MR) is 251 cm³/mol. The summed E-state index contributed by atoms with van der Waals surface area (Å²) in [5.41, 5.74) is 12.0. The number of fused-ring (bicyclic) bond motifs is 9. The fourth-order valence-electron chi connectivity index (χ4n) is 9.06. The van der Waals surface area contributed by atoms with Gasteiger partial charge in [-0.3, -0.25) is 0 Å². The molecule has 13 aromatic rings. The second kappa shape index (κ2) is 13.9. The Morgan fingerprint density at radius 1 is 0.349 bits per heavy atom. The van der Waals surface area contributed by atoms with Gasteiger partial charge in [-0.2, -0.15) is 0 Å². The van der Waals surface area contributed by atoms with Gasteiger partial charge in [0.15, 0.2) is 28.9 Å². The van der Waals surface area contributed by atoms with Gasteiger partial charge in [0.25, 0.3) is 0 Å². The number of para-hydroxylation sites is 3. The van der Waals surface area contributed by atoms with E-state index in [4.69, 9.17) is 33.8 Å². The van der Waals surface area contributed by atoms with Crippen molar-refractivity contribution in [1.82, 2.24) is 29.5 Å². The van der Waals surface area contributed by atoms with Gasteiger partial charge in [-0.15, -0.1) is 0 Å². The van der Waals surface area contributed by atoms with E-state index in [2.05, 4.69) is 83.4 Å². The van der Waals surface area contributed by atoms with E-state index in [1.54, 1.807) is 0 Å². The van der Waals surface area contributed by atoms with Crippen LogP contribution in [0.15, 0.2) is 203 Å². The molecule has 13 rings (SSSR count). The van der Waals surface area contributed by atoms with Crippen molar-refractivity contribution >= 4 is 65.8 Å². The number of nitrogens with zero attached hydrogens (tertiary/aromatic N) is 6. The molecule has 0 fully saturated rings. The maximum absolute atomic E-state index is 6.55. The third-order valence-corrected chi connectivity index (χ3v) is 11.9. The van der Waals surface area contributed by atoms with Crippen molar-refractivity contribution in [3.63, 3.8) is 0 Å². The molecule has 0 aliphatic carbocycles. The average molecular weight is 809 g/mol. The molecule has 8 nitrogen and oxygen atoms in total. The highest BCUT2D eigenvalue weighted by Gasteiger charge is 2.23. The van der Waals surface area contributed by atoms with Gasteiger partial charge in [0, 0.05) is 60.4 Å². The van der Waals surface area contributed by atoms with Crippen molar-refractivity contribution in [3.05, 3.63) is 194 Å². The molecule has 8 aromatic carbocycles. The summed E-state index contributed by atoms with van der Waals surface area (Å²) in [6.45, 7) is 0. The van der Waals surface area contributed by atoms with Crippen LogP contribution in [-0.2, 0) is 0 Å². The fourth-order valence-corrected chi connectivity index (χ4v) is 9.06. The van der Waals surface area contributed by atoms with E-state index in [0.717, 1.165) is 99.4 Å². The van der Waals surface area contributed by atoms with Crippen LogP contribution in [-0.4, -0.2) is 29.5 Å². The first kappa shape index (κ1) is 35.0. The minimum Gasteiger partial charge on any atom is -0.456 e. The first-order valence-corrected chi connectivity index (χ1v) is 20.8. The van der Waals surface area contributed by atoms with E-state index in [1.165, 1.54) is 0 Å². The molecule has 0 N–H and O–H groups in total. The number of hydrogen-bond donors (Lipinski definition) is 0. The lowest BCUT2D eigenvalue weighted by molar-refractivity contribution is 0.667. The Morgan fingerprint density at radius 3 is 1.75 bits per heavy atom. The highest BCUT2D eigenvalue weighted by molar-refractivity contribution is 6.16. The maximum atomic E-state index is 6.55. The zero-order valence-corrected chi connectivity index (χ0v) is 33.5. The quantitative estimate of drug-likeness (QED) is 0.165. The van der Waals surface area contributed by atoms with Crippen LogP contribution in [0.4, 0.5) is 0 Å². The third-order valence-electron chi connectivity index (χ3n) is 11.9. The standard InChI is InChI=1S/C55H32N6O2/c1-4-16-33(17-5-1)49-51-50(38-23-11-13-28-44(38)63-51)57-54(56-49)40-25-15-29-46-48(40)41-32-35(30-31-45(41)62-46)53-58-52(34-18-6-2-7-19-34)59-55(60-53)39-24-14-27-43-47(39)37-22-10-12-26-42(37)61(43)36-20-8-3-9-21-36/h1-32H. The van der Waals surface area contributed by atoms with Crippen LogP contribution < -0.4 is 0 Å². The lowest BCUT2D eigenvalue weighted by Crippen LogP contribution is -2.00. The molecular formula is C55H32N6O2. The molecule has 0 radical (unpaired) electrons. The number of hydrogen-bond acceptors (Lipinski definition) is 7. The van der Waals surface area contributed by atoms with Crippen LogP contribution in [0.25, 0.3) is 128 Å². The van der Waals surface area contributed by atoms with Crippen LogP contribution in [0.2, 0.25) is 0 Å². The maximum Gasteiger partial charge on any atom is 0.180 e. The minimum atomic E-state index is 0.547. The largest absolute Gasteiger partial charge is 0.456 e. The van der Waals surface area contributed by atoms with E-state index in [0.29, 0.717) is 28.9 Å². The molecule has 0 amide bonds. The summed E-state index contributed by atoms with van der Waals surface area (Å²) < 4.78 is 15.3. The van der Waals surface area contributed by atoms with Gasteiger partial charge < -0.3 is 13.4 Å². The van der Waals surface area contributed by atoms with Crippen molar-refractivity contribution in [2.45, 2.75) is 0 Å². The molecule has 0 saturated heterocycles. The van der Waals surface area contributed by atoms with Crippen molar-refractivity contribution in [2.24, 2.45) is 0 Å². The molecule has 0 saturated carbocycles. The van der Waals surface area contributed by atoms with Gasteiger partial charge in [0.1, 0.15) is 28.0 Å². The Bertz CT molecular complexity index is 3910. The Labute approximate surface area is 359 Å². The molecule has 0 aliphatic rings. The summed E-state index contributed by atoms with van der Waals surface area (Å²) in [6.07, 6.45) is 0. The Balaban J connectivity index is 1.03. The summed E-state index contributed by atoms with van der Waals surface area (Å²) in [5, 5.41) is 4.92. The van der Waals surface area contributed by atoms with E-state index in [9.17, 15) is 0 Å². The van der Waals surface area contributed by atoms with E-state index >= 15 is 0 Å². The monoisotopic (exact) mass is 808 g/mol. The first-order valence-electron chi connectivity index (χ1n) is 20.8. The van der Waals surface area contributed by atoms with Crippen molar-refractivity contribution < 1.29 is 8.83 Å². The van der Waals surface area contributed by atoms with Crippen LogP contribution >= 0.6 is 0 Å². The van der Waals surface area contributed by atoms with Crippen molar-refractivity contribution in [1.29, 1.82) is 0 Å². The molecular weight excluding hydrogens is 777 g/mol.